The van der Waals surface area contributed by atoms with E-state index in [0.717, 1.165) is 13.1 Å². The molecule has 0 atom stereocenters. The highest BCUT2D eigenvalue weighted by Crippen LogP contribution is 2.16. The third-order valence-electron chi connectivity index (χ3n) is 7.09. The van der Waals surface area contributed by atoms with Crippen LogP contribution in [0.1, 0.15) is 102 Å². The molecule has 2 aromatic heterocycles. The maximum atomic E-state index is 2.34. The van der Waals surface area contributed by atoms with E-state index in [9.17, 15) is 0 Å². The molecule has 204 valence electrons. The summed E-state index contributed by atoms with van der Waals surface area (Å²) in [4.78, 5) is 0. The lowest BCUT2D eigenvalue weighted by atomic mass is 10.0. The second kappa shape index (κ2) is 21.4. The van der Waals surface area contributed by atoms with E-state index in [0.29, 0.717) is 0 Å². The van der Waals surface area contributed by atoms with Gasteiger partial charge in [0.05, 0.1) is 0 Å². The van der Waals surface area contributed by atoms with Gasteiger partial charge in [-0.05, 0) is 17.5 Å². The van der Waals surface area contributed by atoms with Crippen molar-refractivity contribution in [2.75, 3.05) is 0 Å². The molecule has 37 heavy (non-hydrogen) atoms. The van der Waals surface area contributed by atoms with Gasteiger partial charge >= 0.3 is 0 Å². The fourth-order valence-corrected chi connectivity index (χ4v) is 4.84. The standard InChI is InChI=1S/C33H48N2.2BrH/c1-2-3-4-5-6-7-8-9-10-11-12-13-14-18-25-34-26-21-32(22-27-34)33-23-28-35(29-24-33)30-31-19-16-15-17-20-31;;/h15-17,19-24,26-29H,2-14,18,25,30H2,1H3;2*1H/q+2;;/p-2. The second-order valence-electron chi connectivity index (χ2n) is 10.2. The van der Waals surface area contributed by atoms with Gasteiger partial charge in [0, 0.05) is 36.2 Å². The van der Waals surface area contributed by atoms with E-state index in [1.807, 2.05) is 0 Å². The smallest absolute Gasteiger partial charge is 0.173 e. The topological polar surface area (TPSA) is 7.76 Å². The normalized spacial score (nSPS) is 10.5. The molecule has 3 rings (SSSR count). The number of halogens is 2. The summed E-state index contributed by atoms with van der Waals surface area (Å²) in [5, 5.41) is 0. The number of aromatic nitrogens is 2. The van der Waals surface area contributed by atoms with Crippen molar-refractivity contribution in [3.05, 3.63) is 84.9 Å². The summed E-state index contributed by atoms with van der Waals surface area (Å²) in [6.45, 7) is 4.34. The average Bonchev–Trinajstić information content (AvgIpc) is 2.90. The van der Waals surface area contributed by atoms with Crippen LogP contribution < -0.4 is 43.1 Å². The molecular formula is C33H48Br2N2. The van der Waals surface area contributed by atoms with Crippen LogP contribution in [0.2, 0.25) is 0 Å². The lowest BCUT2D eigenvalue weighted by Crippen LogP contribution is -3.00. The Labute approximate surface area is 248 Å². The molecule has 3 aromatic rings. The molecule has 0 spiro atoms. The van der Waals surface area contributed by atoms with Crippen molar-refractivity contribution in [3.8, 4) is 11.1 Å². The van der Waals surface area contributed by atoms with Gasteiger partial charge in [0.25, 0.3) is 0 Å². The molecule has 1 aromatic carbocycles. The summed E-state index contributed by atoms with van der Waals surface area (Å²) in [7, 11) is 0. The van der Waals surface area contributed by atoms with Gasteiger partial charge in [-0.15, -0.1) is 0 Å². The zero-order valence-corrected chi connectivity index (χ0v) is 26.1. The van der Waals surface area contributed by atoms with Gasteiger partial charge < -0.3 is 34.0 Å². The van der Waals surface area contributed by atoms with Crippen LogP contribution in [0.25, 0.3) is 11.1 Å². The number of hydrogen-bond donors (Lipinski definition) is 0. The number of hydrogen-bond acceptors (Lipinski definition) is 0. The average molecular weight is 633 g/mol. The quantitative estimate of drug-likeness (QED) is 0.151. The van der Waals surface area contributed by atoms with Crippen LogP contribution in [0.15, 0.2) is 79.4 Å². The Bertz CT molecular complexity index is 911. The van der Waals surface area contributed by atoms with Gasteiger partial charge in [0.1, 0.15) is 6.54 Å². The fraction of sp³-hybridized carbons (Fsp3) is 0.515. The van der Waals surface area contributed by atoms with Crippen LogP contribution >= 0.6 is 0 Å². The van der Waals surface area contributed by atoms with Gasteiger partial charge in [-0.3, -0.25) is 0 Å². The minimum atomic E-state index is 0. The summed E-state index contributed by atoms with van der Waals surface area (Å²) < 4.78 is 4.57. The summed E-state index contributed by atoms with van der Waals surface area (Å²) in [6.07, 6.45) is 28.6. The Kier molecular flexibility index (Phi) is 19.4. The molecular weight excluding hydrogens is 584 g/mol. The first-order valence-corrected chi connectivity index (χ1v) is 14.4. The first kappa shape index (κ1) is 33.5. The highest BCUT2D eigenvalue weighted by molar-refractivity contribution is 5.60. The van der Waals surface area contributed by atoms with Crippen molar-refractivity contribution in [2.24, 2.45) is 0 Å². The molecule has 0 radical (unpaired) electrons. The Morgan fingerprint density at radius 2 is 0.865 bits per heavy atom. The number of unbranched alkanes of at least 4 members (excludes halogenated alkanes) is 13. The van der Waals surface area contributed by atoms with E-state index in [1.165, 1.54) is 107 Å². The third-order valence-corrected chi connectivity index (χ3v) is 7.09. The van der Waals surface area contributed by atoms with Crippen molar-refractivity contribution in [3.63, 3.8) is 0 Å². The maximum Gasteiger partial charge on any atom is 0.173 e. The van der Waals surface area contributed by atoms with Crippen molar-refractivity contribution < 1.29 is 43.1 Å². The van der Waals surface area contributed by atoms with Crippen molar-refractivity contribution in [1.29, 1.82) is 0 Å². The highest BCUT2D eigenvalue weighted by atomic mass is 79.9. The molecule has 2 heterocycles. The first-order chi connectivity index (χ1) is 17.3. The van der Waals surface area contributed by atoms with Crippen molar-refractivity contribution in [2.45, 2.75) is 110 Å². The number of nitrogens with zero attached hydrogens (tertiary/aromatic N) is 2. The van der Waals surface area contributed by atoms with E-state index in [2.05, 4.69) is 95.4 Å². The van der Waals surface area contributed by atoms with Gasteiger partial charge in [0.2, 0.25) is 0 Å². The van der Waals surface area contributed by atoms with Crippen LogP contribution in [-0.4, -0.2) is 0 Å². The molecule has 0 bridgehead atoms. The lowest BCUT2D eigenvalue weighted by molar-refractivity contribution is -0.697. The molecule has 0 saturated carbocycles. The molecule has 0 unspecified atom stereocenters. The minimum absolute atomic E-state index is 0. The molecule has 0 aliphatic rings. The number of rotatable bonds is 18. The zero-order chi connectivity index (χ0) is 24.4. The zero-order valence-electron chi connectivity index (χ0n) is 23.0. The second-order valence-corrected chi connectivity index (χ2v) is 10.2. The first-order valence-electron chi connectivity index (χ1n) is 14.4. The van der Waals surface area contributed by atoms with Gasteiger partial charge in [-0.25, -0.2) is 9.13 Å². The van der Waals surface area contributed by atoms with E-state index in [4.69, 9.17) is 0 Å². The maximum absolute atomic E-state index is 2.34. The summed E-state index contributed by atoms with van der Waals surface area (Å²) in [5.41, 5.74) is 3.89. The predicted octanol–water partition coefficient (Wildman–Crippen LogP) is 2.47. The monoisotopic (exact) mass is 630 g/mol. The number of pyridine rings is 2. The van der Waals surface area contributed by atoms with Crippen LogP contribution in [-0.2, 0) is 13.1 Å². The van der Waals surface area contributed by atoms with Crippen molar-refractivity contribution >= 4 is 0 Å². The van der Waals surface area contributed by atoms with E-state index in [-0.39, 0.29) is 34.0 Å². The summed E-state index contributed by atoms with van der Waals surface area (Å²) >= 11 is 0. The molecule has 0 amide bonds. The van der Waals surface area contributed by atoms with Gasteiger partial charge in [-0.1, -0.05) is 114 Å². The molecule has 0 saturated heterocycles. The molecule has 2 nitrogen and oxygen atoms in total. The highest BCUT2D eigenvalue weighted by Gasteiger charge is 2.06. The van der Waals surface area contributed by atoms with Gasteiger partial charge in [-0.2, -0.15) is 0 Å². The lowest BCUT2D eigenvalue weighted by Gasteiger charge is -2.03. The SMILES string of the molecule is CCCCCCCCCCCCCCCC[n+]1ccc(-c2cc[n+](Cc3ccccc3)cc2)cc1.[Br-].[Br-]. The third kappa shape index (κ3) is 14.3. The van der Waals surface area contributed by atoms with Gasteiger partial charge in [0.15, 0.2) is 31.3 Å². The minimum Gasteiger partial charge on any atom is -1.00 e. The molecule has 0 aliphatic carbocycles. The van der Waals surface area contributed by atoms with Crippen LogP contribution in [0.3, 0.4) is 0 Å². The predicted molar refractivity (Wildman–Crippen MR) is 148 cm³/mol. The molecule has 0 N–H and O–H groups in total. The summed E-state index contributed by atoms with van der Waals surface area (Å²) in [5.74, 6) is 0. The molecule has 0 aliphatic heterocycles. The van der Waals surface area contributed by atoms with E-state index < -0.39 is 0 Å². The fourth-order valence-electron chi connectivity index (χ4n) is 4.84. The van der Waals surface area contributed by atoms with E-state index in [1.54, 1.807) is 0 Å². The molecule has 4 heteroatoms. The Morgan fingerprint density at radius 1 is 0.459 bits per heavy atom. The molecule has 0 fully saturated rings. The van der Waals surface area contributed by atoms with Crippen LogP contribution in [0.4, 0.5) is 0 Å². The Balaban J connectivity index is 0.00000342. The Morgan fingerprint density at radius 3 is 1.32 bits per heavy atom. The number of aryl methyl sites for hydroxylation is 1. The Hall–Kier alpha value is -1.52. The summed E-state index contributed by atoms with van der Waals surface area (Å²) in [6, 6.07) is 19.6. The number of benzene rings is 1. The van der Waals surface area contributed by atoms with Crippen LogP contribution in [0, 0.1) is 0 Å². The largest absolute Gasteiger partial charge is 1.00 e. The van der Waals surface area contributed by atoms with Crippen molar-refractivity contribution in [1.82, 2.24) is 0 Å². The van der Waals surface area contributed by atoms with Crippen LogP contribution in [0.5, 0.6) is 0 Å². The van der Waals surface area contributed by atoms with E-state index >= 15 is 0 Å².